The van der Waals surface area contributed by atoms with Crippen LogP contribution in [0.25, 0.3) is 0 Å². The number of hydrogen-bond acceptors (Lipinski definition) is 7. The maximum atomic E-state index is 13.7. The fourth-order valence-electron chi connectivity index (χ4n) is 5.32. The van der Waals surface area contributed by atoms with E-state index in [1.54, 1.807) is 30.3 Å². The topological polar surface area (TPSA) is 103 Å². The molecule has 1 atom stereocenters. The van der Waals surface area contributed by atoms with Gasteiger partial charge in [-0.3, -0.25) is 14.9 Å². The van der Waals surface area contributed by atoms with Crippen LogP contribution >= 0.6 is 22.9 Å². The number of nitrogens with one attached hydrogen (secondary N) is 1. The summed E-state index contributed by atoms with van der Waals surface area (Å²) in [6.45, 7) is 6.94. The van der Waals surface area contributed by atoms with Crippen molar-refractivity contribution in [3.63, 3.8) is 0 Å². The minimum Gasteiger partial charge on any atom is -0.493 e. The Bertz CT molecular complexity index is 1690. The number of nitro groups is 1. The predicted octanol–water partition coefficient (Wildman–Crippen LogP) is 9.05. The van der Waals surface area contributed by atoms with Gasteiger partial charge in [-0.15, -0.1) is 11.3 Å². The number of fused-ring (bicyclic) bond motifs is 1. The molecule has 1 heterocycles. The van der Waals surface area contributed by atoms with Crippen molar-refractivity contribution in [3.05, 3.63) is 109 Å². The number of thiophene rings is 1. The van der Waals surface area contributed by atoms with E-state index in [4.69, 9.17) is 26.1 Å². The summed E-state index contributed by atoms with van der Waals surface area (Å²) in [5, 5.41) is 16.2. The number of aliphatic imine (C=N–C) groups is 1. The van der Waals surface area contributed by atoms with Crippen molar-refractivity contribution in [2.24, 2.45) is 16.3 Å². The number of ether oxygens (including phenoxy) is 2. The average Bonchev–Trinajstić information content (AvgIpc) is 3.38. The van der Waals surface area contributed by atoms with Crippen LogP contribution in [-0.4, -0.2) is 24.2 Å². The van der Waals surface area contributed by atoms with Crippen LogP contribution in [0.5, 0.6) is 11.5 Å². The molecule has 0 saturated heterocycles. The minimum atomic E-state index is -0.475. The van der Waals surface area contributed by atoms with Gasteiger partial charge in [-0.25, -0.2) is 4.99 Å². The monoisotopic (exact) mass is 631 g/mol. The molecule has 3 aromatic carbocycles. The number of methoxy groups -OCH3 is 1. The van der Waals surface area contributed by atoms with Crippen LogP contribution in [0.15, 0.2) is 71.7 Å². The first-order valence-electron chi connectivity index (χ1n) is 14.3. The fraction of sp³-hybridized carbons (Fsp3) is 0.294. The number of rotatable bonds is 9. The van der Waals surface area contributed by atoms with Crippen LogP contribution in [0.4, 0.5) is 16.4 Å². The van der Waals surface area contributed by atoms with Gasteiger partial charge in [-0.05, 0) is 72.1 Å². The molecule has 8 nitrogen and oxygen atoms in total. The third-order valence-corrected chi connectivity index (χ3v) is 9.28. The zero-order chi connectivity index (χ0) is 31.4. The Morgan fingerprint density at radius 3 is 2.52 bits per heavy atom. The molecule has 1 aliphatic carbocycles. The summed E-state index contributed by atoms with van der Waals surface area (Å²) < 4.78 is 11.4. The molecule has 1 N–H and O–H groups in total. The third-order valence-electron chi connectivity index (χ3n) is 7.87. The van der Waals surface area contributed by atoms with Crippen molar-refractivity contribution >= 4 is 51.4 Å². The normalized spacial score (nSPS) is 14.7. The van der Waals surface area contributed by atoms with Crippen LogP contribution in [-0.2, 0) is 19.4 Å². The molecule has 1 aliphatic rings. The SMILES string of the molecule is COc1cc(C=Nc2sc3c(c2C(=O)Nc2ccc(Cl)cc2)CC[C@@H](C(C)(C)C)C3)c([N+](=O)[O-])cc1OCc1ccccc1. The molecule has 0 saturated carbocycles. The lowest BCUT2D eigenvalue weighted by Crippen LogP contribution is -2.27. The van der Waals surface area contributed by atoms with Gasteiger partial charge in [0, 0.05) is 21.8 Å². The zero-order valence-electron chi connectivity index (χ0n) is 25.1. The van der Waals surface area contributed by atoms with Crippen LogP contribution in [0.2, 0.25) is 5.02 Å². The van der Waals surface area contributed by atoms with Gasteiger partial charge in [-0.1, -0.05) is 62.7 Å². The second kappa shape index (κ2) is 13.2. The second-order valence-corrected chi connectivity index (χ2v) is 13.3. The number of benzene rings is 3. The van der Waals surface area contributed by atoms with Gasteiger partial charge in [0.25, 0.3) is 11.6 Å². The highest BCUT2D eigenvalue weighted by molar-refractivity contribution is 7.16. The standard InChI is InChI=1S/C34H34ClN3O5S/c1-34(2,3)23-10-15-26-30(17-23)44-33(31(26)32(39)37-25-13-11-24(35)12-14-25)36-19-22-16-28(42-4)29(18-27(22)38(40)41)43-20-21-8-6-5-7-9-21/h5-9,11-14,16,18-19,23H,10,15,17,20H2,1-4H3,(H,37,39)/t23-/m1/s1. The highest BCUT2D eigenvalue weighted by Crippen LogP contribution is 2.45. The molecule has 0 radical (unpaired) electrons. The van der Waals surface area contributed by atoms with Crippen LogP contribution in [0.1, 0.15) is 59.1 Å². The van der Waals surface area contributed by atoms with Crippen LogP contribution < -0.4 is 14.8 Å². The van der Waals surface area contributed by atoms with E-state index < -0.39 is 4.92 Å². The number of hydrogen-bond donors (Lipinski definition) is 1. The lowest BCUT2D eigenvalue weighted by molar-refractivity contribution is -0.385. The molecule has 228 valence electrons. The number of anilines is 1. The third kappa shape index (κ3) is 7.11. The molecule has 4 aromatic rings. The fourth-order valence-corrected chi connectivity index (χ4v) is 6.72. The van der Waals surface area contributed by atoms with E-state index in [2.05, 4.69) is 26.1 Å². The van der Waals surface area contributed by atoms with Crippen LogP contribution in [0, 0.1) is 21.4 Å². The lowest BCUT2D eigenvalue weighted by Gasteiger charge is -2.33. The number of nitrogens with zero attached hydrogens (tertiary/aromatic N) is 2. The number of carbonyl (C=O) groups excluding carboxylic acids is 1. The first kappa shape index (κ1) is 31.2. The maximum absolute atomic E-state index is 13.7. The molecule has 0 unspecified atom stereocenters. The molecule has 0 bridgehead atoms. The van der Waals surface area contributed by atoms with Crippen LogP contribution in [0.3, 0.4) is 0 Å². The van der Waals surface area contributed by atoms with Gasteiger partial charge in [0.05, 0.1) is 29.2 Å². The molecule has 0 fully saturated rings. The summed E-state index contributed by atoms with van der Waals surface area (Å²) in [7, 11) is 1.48. The van der Waals surface area contributed by atoms with Crippen molar-refractivity contribution in [3.8, 4) is 11.5 Å². The molecule has 0 aliphatic heterocycles. The van der Waals surface area contributed by atoms with E-state index in [1.807, 2.05) is 30.3 Å². The van der Waals surface area contributed by atoms with Crippen molar-refractivity contribution in [1.29, 1.82) is 0 Å². The number of nitro benzene ring substituents is 1. The Hall–Kier alpha value is -4.21. The second-order valence-electron chi connectivity index (χ2n) is 11.8. The lowest BCUT2D eigenvalue weighted by atomic mass is 9.72. The van der Waals surface area contributed by atoms with E-state index in [0.717, 1.165) is 35.3 Å². The quantitative estimate of drug-likeness (QED) is 0.113. The van der Waals surface area contributed by atoms with Gasteiger partial charge in [0.1, 0.15) is 11.6 Å². The number of amides is 1. The van der Waals surface area contributed by atoms with E-state index >= 15 is 0 Å². The molecular weight excluding hydrogens is 598 g/mol. The van der Waals surface area contributed by atoms with Crippen molar-refractivity contribution in [2.75, 3.05) is 12.4 Å². The Balaban J connectivity index is 1.50. The number of carbonyl (C=O) groups is 1. The summed E-state index contributed by atoms with van der Waals surface area (Å²) in [5.41, 5.74) is 3.21. The smallest absolute Gasteiger partial charge is 0.282 e. The Morgan fingerprint density at radius 1 is 1.14 bits per heavy atom. The molecule has 1 amide bonds. The molecule has 44 heavy (non-hydrogen) atoms. The first-order chi connectivity index (χ1) is 21.0. The van der Waals surface area contributed by atoms with Gasteiger partial charge >= 0.3 is 0 Å². The van der Waals surface area contributed by atoms with E-state index in [0.29, 0.717) is 32.9 Å². The minimum absolute atomic E-state index is 0.123. The molecule has 0 spiro atoms. The zero-order valence-corrected chi connectivity index (χ0v) is 26.6. The maximum Gasteiger partial charge on any atom is 0.282 e. The largest absolute Gasteiger partial charge is 0.493 e. The highest BCUT2D eigenvalue weighted by atomic mass is 35.5. The highest BCUT2D eigenvalue weighted by Gasteiger charge is 2.34. The first-order valence-corrected chi connectivity index (χ1v) is 15.5. The predicted molar refractivity (Wildman–Crippen MR) is 176 cm³/mol. The van der Waals surface area contributed by atoms with Gasteiger partial charge < -0.3 is 14.8 Å². The van der Waals surface area contributed by atoms with Crippen molar-refractivity contribution in [2.45, 2.75) is 46.6 Å². The number of halogens is 1. The molecule has 5 rings (SSSR count). The van der Waals surface area contributed by atoms with Crippen molar-refractivity contribution < 1.29 is 19.2 Å². The molecular formula is C34H34ClN3O5S. The summed E-state index contributed by atoms with van der Waals surface area (Å²) in [6.07, 6.45) is 4.00. The molecule has 10 heteroatoms. The Kier molecular flexibility index (Phi) is 9.36. The average molecular weight is 632 g/mol. The van der Waals surface area contributed by atoms with E-state index in [-0.39, 0.29) is 34.9 Å². The Labute approximate surface area is 265 Å². The van der Waals surface area contributed by atoms with E-state index in [1.165, 1.54) is 30.7 Å². The van der Waals surface area contributed by atoms with Gasteiger partial charge in [-0.2, -0.15) is 0 Å². The summed E-state index contributed by atoms with van der Waals surface area (Å²) in [4.78, 5) is 31.2. The van der Waals surface area contributed by atoms with Gasteiger partial charge in [0.2, 0.25) is 0 Å². The summed E-state index contributed by atoms with van der Waals surface area (Å²) >= 11 is 7.50. The Morgan fingerprint density at radius 2 is 1.86 bits per heavy atom. The van der Waals surface area contributed by atoms with Crippen molar-refractivity contribution in [1.82, 2.24) is 0 Å². The summed E-state index contributed by atoms with van der Waals surface area (Å²) in [6, 6.07) is 19.3. The van der Waals surface area contributed by atoms with E-state index in [9.17, 15) is 14.9 Å². The molecule has 1 aromatic heterocycles. The summed E-state index contributed by atoms with van der Waals surface area (Å²) in [5.74, 6) is 0.782. The van der Waals surface area contributed by atoms with Gasteiger partial charge in [0.15, 0.2) is 11.5 Å².